The lowest BCUT2D eigenvalue weighted by atomic mass is 9.89. The van der Waals surface area contributed by atoms with Crippen molar-refractivity contribution in [2.24, 2.45) is 5.41 Å². The van der Waals surface area contributed by atoms with Crippen LogP contribution in [-0.2, 0) is 6.54 Å². The molecule has 0 aromatic carbocycles. The highest BCUT2D eigenvalue weighted by Crippen LogP contribution is 2.21. The van der Waals surface area contributed by atoms with Crippen molar-refractivity contribution in [1.82, 2.24) is 4.57 Å². The van der Waals surface area contributed by atoms with E-state index in [1.54, 1.807) is 11.5 Å². The fraction of sp³-hybridized carbons (Fsp3) is 0.533. The molecule has 0 aliphatic rings. The van der Waals surface area contributed by atoms with Crippen LogP contribution < -0.4 is 5.43 Å². The second-order valence-corrected chi connectivity index (χ2v) is 5.64. The molecule has 1 rings (SSSR count). The summed E-state index contributed by atoms with van der Waals surface area (Å²) in [6.45, 7) is 6.24. The van der Waals surface area contributed by atoms with E-state index in [2.05, 4.69) is 6.07 Å². The largest absolute Gasteiger partial charge is 0.477 e. The highest BCUT2D eigenvalue weighted by molar-refractivity contribution is 5.87. The van der Waals surface area contributed by atoms with E-state index in [1.807, 2.05) is 13.8 Å². The monoisotopic (exact) mass is 276 g/mol. The molecule has 1 N–H and O–H groups in total. The molecular weight excluding hydrogens is 256 g/mol. The molecule has 0 unspecified atom stereocenters. The van der Waals surface area contributed by atoms with Crippen LogP contribution in [0.15, 0.2) is 17.1 Å². The molecule has 1 aromatic rings. The Bertz CT molecular complexity index is 594. The van der Waals surface area contributed by atoms with Crippen molar-refractivity contribution >= 4 is 5.97 Å². The average Bonchev–Trinajstić information content (AvgIpc) is 2.36. The summed E-state index contributed by atoms with van der Waals surface area (Å²) in [5, 5.41) is 17.9. The molecule has 0 radical (unpaired) electrons. The SMILES string of the molecule is Cc1cc(=O)c(C(=O)O)cn1CCCCC(C)(C)C#N. The van der Waals surface area contributed by atoms with Gasteiger partial charge in [0.05, 0.1) is 11.5 Å². The van der Waals surface area contributed by atoms with Gasteiger partial charge in [-0.05, 0) is 33.6 Å². The van der Waals surface area contributed by atoms with Crippen LogP contribution >= 0.6 is 0 Å². The molecule has 0 atom stereocenters. The Morgan fingerprint density at radius 1 is 1.45 bits per heavy atom. The maximum absolute atomic E-state index is 11.5. The Hall–Kier alpha value is -2.09. The van der Waals surface area contributed by atoms with E-state index in [-0.39, 0.29) is 11.0 Å². The number of carbonyl (C=O) groups is 1. The number of aromatic nitrogens is 1. The summed E-state index contributed by atoms with van der Waals surface area (Å²) in [4.78, 5) is 22.4. The molecule has 20 heavy (non-hydrogen) atoms. The standard InChI is InChI=1S/C15H20N2O3/c1-11-8-13(18)12(14(19)20)9-17(11)7-5-4-6-15(2,3)10-16/h8-9H,4-7H2,1-3H3,(H,19,20). The van der Waals surface area contributed by atoms with Gasteiger partial charge in [-0.15, -0.1) is 0 Å². The summed E-state index contributed by atoms with van der Waals surface area (Å²) in [7, 11) is 0. The Kier molecular flexibility index (Phi) is 5.09. The molecule has 0 saturated heterocycles. The first-order valence-corrected chi connectivity index (χ1v) is 6.62. The third-order valence-electron chi connectivity index (χ3n) is 3.33. The summed E-state index contributed by atoms with van der Waals surface area (Å²) in [5.74, 6) is -1.20. The van der Waals surface area contributed by atoms with E-state index >= 15 is 0 Å². The molecule has 5 heteroatoms. The van der Waals surface area contributed by atoms with Crippen LogP contribution in [-0.4, -0.2) is 15.6 Å². The molecular formula is C15H20N2O3. The van der Waals surface area contributed by atoms with E-state index in [0.717, 1.165) is 25.0 Å². The van der Waals surface area contributed by atoms with Crippen LogP contribution in [0.3, 0.4) is 0 Å². The number of aromatic carboxylic acids is 1. The minimum atomic E-state index is -1.20. The second-order valence-electron chi connectivity index (χ2n) is 5.64. The summed E-state index contributed by atoms with van der Waals surface area (Å²) < 4.78 is 1.78. The van der Waals surface area contributed by atoms with Gasteiger partial charge >= 0.3 is 5.97 Å². The van der Waals surface area contributed by atoms with Gasteiger partial charge in [0.25, 0.3) is 0 Å². The number of rotatable bonds is 6. The Morgan fingerprint density at radius 3 is 2.65 bits per heavy atom. The number of carboxylic acid groups (broad SMARTS) is 1. The van der Waals surface area contributed by atoms with E-state index in [9.17, 15) is 9.59 Å². The van der Waals surface area contributed by atoms with Gasteiger partial charge in [0.1, 0.15) is 5.56 Å². The van der Waals surface area contributed by atoms with Gasteiger partial charge in [-0.1, -0.05) is 6.42 Å². The summed E-state index contributed by atoms with van der Waals surface area (Å²) >= 11 is 0. The van der Waals surface area contributed by atoms with E-state index in [1.165, 1.54) is 12.3 Å². The second kappa shape index (κ2) is 6.38. The summed E-state index contributed by atoms with van der Waals surface area (Å²) in [6.07, 6.45) is 3.92. The zero-order valence-corrected chi connectivity index (χ0v) is 12.1. The maximum atomic E-state index is 11.5. The molecule has 108 valence electrons. The molecule has 5 nitrogen and oxygen atoms in total. The number of pyridine rings is 1. The molecule has 0 spiro atoms. The number of nitriles is 1. The quantitative estimate of drug-likeness (QED) is 0.809. The van der Waals surface area contributed by atoms with Crippen molar-refractivity contribution in [3.8, 4) is 6.07 Å². The van der Waals surface area contributed by atoms with Crippen LogP contribution in [0.25, 0.3) is 0 Å². The van der Waals surface area contributed by atoms with Crippen LogP contribution in [0.5, 0.6) is 0 Å². The lowest BCUT2D eigenvalue weighted by molar-refractivity contribution is 0.0694. The summed E-state index contributed by atoms with van der Waals surface area (Å²) in [5.41, 5.74) is -0.241. The van der Waals surface area contributed by atoms with Gasteiger partial charge in [0.2, 0.25) is 0 Å². The van der Waals surface area contributed by atoms with Gasteiger partial charge in [-0.25, -0.2) is 4.79 Å². The Balaban J connectivity index is 2.70. The van der Waals surface area contributed by atoms with Gasteiger partial charge in [-0.3, -0.25) is 4.79 Å². The molecule has 0 aliphatic heterocycles. The van der Waals surface area contributed by atoms with Crippen molar-refractivity contribution in [3.05, 3.63) is 33.7 Å². The smallest absolute Gasteiger partial charge is 0.341 e. The molecule has 0 aliphatic carbocycles. The normalized spacial score (nSPS) is 11.1. The summed E-state index contributed by atoms with van der Waals surface area (Å²) in [6, 6.07) is 3.61. The van der Waals surface area contributed by atoms with Crippen LogP contribution in [0.1, 0.15) is 49.2 Å². The first kappa shape index (κ1) is 16.0. The molecule has 0 amide bonds. The number of nitrogens with zero attached hydrogens (tertiary/aromatic N) is 2. The highest BCUT2D eigenvalue weighted by Gasteiger charge is 2.15. The van der Waals surface area contributed by atoms with Crippen molar-refractivity contribution in [2.75, 3.05) is 0 Å². The predicted octanol–water partition coefficient (Wildman–Crippen LogP) is 2.58. The fourth-order valence-corrected chi connectivity index (χ4v) is 1.98. The molecule has 1 aromatic heterocycles. The number of aryl methyl sites for hydroxylation is 2. The number of hydrogen-bond acceptors (Lipinski definition) is 3. The lowest BCUT2D eigenvalue weighted by Crippen LogP contribution is -2.19. The average molecular weight is 276 g/mol. The van der Waals surface area contributed by atoms with E-state index in [0.29, 0.717) is 6.54 Å². The van der Waals surface area contributed by atoms with Crippen molar-refractivity contribution < 1.29 is 9.90 Å². The molecule has 0 fully saturated rings. The Labute approximate surface area is 118 Å². The van der Waals surface area contributed by atoms with Crippen LogP contribution in [0, 0.1) is 23.7 Å². The number of carboxylic acids is 1. The zero-order valence-electron chi connectivity index (χ0n) is 12.1. The third-order valence-corrected chi connectivity index (χ3v) is 3.33. The molecule has 0 saturated carbocycles. The van der Waals surface area contributed by atoms with Gasteiger partial charge in [-0.2, -0.15) is 5.26 Å². The van der Waals surface area contributed by atoms with Crippen molar-refractivity contribution in [3.63, 3.8) is 0 Å². The molecule has 0 bridgehead atoms. The minimum Gasteiger partial charge on any atom is -0.477 e. The third kappa shape index (κ3) is 4.23. The fourth-order valence-electron chi connectivity index (χ4n) is 1.98. The van der Waals surface area contributed by atoms with Gasteiger partial charge in [0.15, 0.2) is 5.43 Å². The van der Waals surface area contributed by atoms with Crippen molar-refractivity contribution in [1.29, 1.82) is 5.26 Å². The predicted molar refractivity (Wildman–Crippen MR) is 75.6 cm³/mol. The van der Waals surface area contributed by atoms with Crippen LogP contribution in [0.2, 0.25) is 0 Å². The van der Waals surface area contributed by atoms with E-state index in [4.69, 9.17) is 10.4 Å². The maximum Gasteiger partial charge on any atom is 0.341 e. The lowest BCUT2D eigenvalue weighted by Gasteiger charge is -2.15. The van der Waals surface area contributed by atoms with Crippen LogP contribution in [0.4, 0.5) is 0 Å². The first-order valence-electron chi connectivity index (χ1n) is 6.62. The molecule has 1 heterocycles. The zero-order chi connectivity index (χ0) is 15.3. The van der Waals surface area contributed by atoms with Crippen molar-refractivity contribution in [2.45, 2.75) is 46.6 Å². The van der Waals surface area contributed by atoms with Gasteiger partial charge < -0.3 is 9.67 Å². The topological polar surface area (TPSA) is 83.1 Å². The highest BCUT2D eigenvalue weighted by atomic mass is 16.4. The Morgan fingerprint density at radius 2 is 2.10 bits per heavy atom. The number of hydrogen-bond donors (Lipinski definition) is 1. The van der Waals surface area contributed by atoms with E-state index < -0.39 is 11.4 Å². The number of unbranched alkanes of at least 4 members (excludes halogenated alkanes) is 1. The van der Waals surface area contributed by atoms with Gasteiger partial charge in [0, 0.05) is 24.5 Å². The first-order chi connectivity index (χ1) is 9.26. The minimum absolute atomic E-state index is 0.201.